The van der Waals surface area contributed by atoms with Crippen molar-refractivity contribution in [3.05, 3.63) is 42.0 Å². The lowest BCUT2D eigenvalue weighted by molar-refractivity contribution is -0.136. The van der Waals surface area contributed by atoms with Crippen LogP contribution in [0.1, 0.15) is 137 Å². The summed E-state index contributed by atoms with van der Waals surface area (Å²) >= 11 is 0. The number of benzene rings is 1. The molecule has 1 aromatic carbocycles. The van der Waals surface area contributed by atoms with Crippen LogP contribution in [0.2, 0.25) is 0 Å². The second kappa shape index (κ2) is 19.7. The molecule has 0 bridgehead atoms. The first-order valence-electron chi connectivity index (χ1n) is 15.8. The van der Waals surface area contributed by atoms with Gasteiger partial charge < -0.3 is 11.1 Å². The highest BCUT2D eigenvalue weighted by Gasteiger charge is 2.45. The molecular formula is C33H50N4O5. The third-order valence-electron chi connectivity index (χ3n) is 7.60. The standard InChI is InChI=1S/C30H44N4O5.C3H6/c31-21-14-12-10-8-6-4-2-1-3-5-7-9-11-13-18-25(35)32-23-17-15-16-22-27(23)30(39)34(29(22)38)24-19-20-26(36)33-28(24)37;1-3-2/h15-17,24H,1-14,18-21,31H2,(H,32,35)(H,33,36,37);3H,1H2,2H3. The molecule has 2 heterocycles. The van der Waals surface area contributed by atoms with Gasteiger partial charge in [-0.15, -0.1) is 6.58 Å². The molecule has 232 valence electrons. The van der Waals surface area contributed by atoms with Gasteiger partial charge in [-0.25, -0.2) is 0 Å². The number of allylic oxidation sites excluding steroid dienone is 1. The largest absolute Gasteiger partial charge is 0.330 e. The number of carbonyl (C=O) groups excluding carboxylic acids is 5. The van der Waals surface area contributed by atoms with E-state index < -0.39 is 29.7 Å². The number of nitrogens with two attached hydrogens (primary N) is 1. The van der Waals surface area contributed by atoms with Crippen molar-refractivity contribution in [3.8, 4) is 0 Å². The van der Waals surface area contributed by atoms with Crippen LogP contribution in [0.4, 0.5) is 5.69 Å². The molecule has 3 rings (SSSR count). The number of unbranched alkanes of at least 4 members (excludes halogenated alkanes) is 13. The van der Waals surface area contributed by atoms with Crippen molar-refractivity contribution in [3.63, 3.8) is 0 Å². The molecule has 2 aliphatic rings. The molecule has 1 fully saturated rings. The topological polar surface area (TPSA) is 139 Å². The fourth-order valence-corrected chi connectivity index (χ4v) is 5.38. The Kier molecular flexibility index (Phi) is 16.4. The first-order chi connectivity index (χ1) is 20.3. The summed E-state index contributed by atoms with van der Waals surface area (Å²) in [6, 6.07) is 3.69. The van der Waals surface area contributed by atoms with Gasteiger partial charge in [0, 0.05) is 12.8 Å². The minimum atomic E-state index is -1.03. The lowest BCUT2D eigenvalue weighted by atomic mass is 10.0. The van der Waals surface area contributed by atoms with E-state index in [-0.39, 0.29) is 35.6 Å². The van der Waals surface area contributed by atoms with E-state index in [9.17, 15) is 24.0 Å². The number of nitrogens with zero attached hydrogens (tertiary/aromatic N) is 1. The Bertz CT molecular complexity index is 1070. The van der Waals surface area contributed by atoms with Gasteiger partial charge in [0.15, 0.2) is 0 Å². The maximum atomic E-state index is 13.1. The molecule has 1 saturated heterocycles. The van der Waals surface area contributed by atoms with Crippen molar-refractivity contribution in [1.29, 1.82) is 0 Å². The van der Waals surface area contributed by atoms with Crippen LogP contribution in [0, 0.1) is 0 Å². The zero-order chi connectivity index (χ0) is 30.7. The van der Waals surface area contributed by atoms with Gasteiger partial charge in [-0.3, -0.25) is 34.2 Å². The molecule has 1 atom stereocenters. The van der Waals surface area contributed by atoms with Gasteiger partial charge in [0.25, 0.3) is 11.8 Å². The third-order valence-corrected chi connectivity index (χ3v) is 7.60. The molecule has 1 unspecified atom stereocenters. The molecule has 9 heteroatoms. The quantitative estimate of drug-likeness (QED) is 0.110. The number of anilines is 1. The Labute approximate surface area is 251 Å². The molecule has 5 amide bonds. The predicted molar refractivity (Wildman–Crippen MR) is 166 cm³/mol. The van der Waals surface area contributed by atoms with Crippen molar-refractivity contribution >= 4 is 35.2 Å². The summed E-state index contributed by atoms with van der Waals surface area (Å²) in [6.45, 7) is 6.06. The normalized spacial score (nSPS) is 16.0. The summed E-state index contributed by atoms with van der Waals surface area (Å²) in [5.74, 6) is -2.49. The first kappa shape index (κ1) is 34.9. The summed E-state index contributed by atoms with van der Waals surface area (Å²) in [6.07, 6.45) is 19.1. The molecule has 0 radical (unpaired) electrons. The minimum absolute atomic E-state index is 0.0592. The van der Waals surface area contributed by atoms with E-state index in [4.69, 9.17) is 5.73 Å². The van der Waals surface area contributed by atoms with Gasteiger partial charge in [-0.2, -0.15) is 0 Å². The van der Waals surface area contributed by atoms with Crippen LogP contribution in [0.3, 0.4) is 0 Å². The lowest BCUT2D eigenvalue weighted by Gasteiger charge is -2.27. The molecule has 4 N–H and O–H groups in total. The van der Waals surface area contributed by atoms with Gasteiger partial charge in [-0.05, 0) is 44.9 Å². The Hall–Kier alpha value is -3.33. The Morgan fingerprint density at radius 2 is 1.43 bits per heavy atom. The predicted octanol–water partition coefficient (Wildman–Crippen LogP) is 6.03. The van der Waals surface area contributed by atoms with Crippen molar-refractivity contribution < 1.29 is 24.0 Å². The molecular weight excluding hydrogens is 532 g/mol. The second-order valence-corrected chi connectivity index (χ2v) is 11.1. The maximum Gasteiger partial charge on any atom is 0.264 e. The number of amides is 5. The van der Waals surface area contributed by atoms with Gasteiger partial charge >= 0.3 is 0 Å². The highest BCUT2D eigenvalue weighted by Crippen LogP contribution is 2.32. The zero-order valence-electron chi connectivity index (χ0n) is 25.4. The van der Waals surface area contributed by atoms with Crippen LogP contribution >= 0.6 is 0 Å². The summed E-state index contributed by atoms with van der Waals surface area (Å²) in [5.41, 5.74) is 6.06. The molecule has 9 nitrogen and oxygen atoms in total. The number of hydrogen-bond donors (Lipinski definition) is 3. The lowest BCUT2D eigenvalue weighted by Crippen LogP contribution is -2.54. The van der Waals surface area contributed by atoms with E-state index in [1.54, 1.807) is 18.2 Å². The first-order valence-corrected chi connectivity index (χ1v) is 15.8. The summed E-state index contributed by atoms with van der Waals surface area (Å²) < 4.78 is 0. The Balaban J connectivity index is 0.00000197. The van der Waals surface area contributed by atoms with Crippen molar-refractivity contribution in [2.75, 3.05) is 11.9 Å². The van der Waals surface area contributed by atoms with Crippen LogP contribution in [0.25, 0.3) is 0 Å². The van der Waals surface area contributed by atoms with Crippen LogP contribution in [0.5, 0.6) is 0 Å². The monoisotopic (exact) mass is 582 g/mol. The molecule has 0 spiro atoms. The summed E-state index contributed by atoms with van der Waals surface area (Å²) in [7, 11) is 0. The van der Waals surface area contributed by atoms with Crippen molar-refractivity contribution in [1.82, 2.24) is 10.2 Å². The highest BCUT2D eigenvalue weighted by molar-refractivity contribution is 6.26. The smallest absolute Gasteiger partial charge is 0.264 e. The fraction of sp³-hybridized carbons (Fsp3) is 0.606. The average Bonchev–Trinajstić information content (AvgIpc) is 3.21. The van der Waals surface area contributed by atoms with Gasteiger partial charge in [0.05, 0.1) is 16.8 Å². The highest BCUT2D eigenvalue weighted by atomic mass is 16.2. The van der Waals surface area contributed by atoms with E-state index in [0.29, 0.717) is 6.42 Å². The summed E-state index contributed by atoms with van der Waals surface area (Å²) in [5, 5.41) is 4.97. The second-order valence-electron chi connectivity index (χ2n) is 11.1. The molecule has 2 aliphatic heterocycles. The maximum absolute atomic E-state index is 13.1. The third kappa shape index (κ3) is 11.2. The van der Waals surface area contributed by atoms with Crippen LogP contribution < -0.4 is 16.4 Å². The van der Waals surface area contributed by atoms with E-state index in [2.05, 4.69) is 17.2 Å². The summed E-state index contributed by atoms with van der Waals surface area (Å²) in [4.78, 5) is 63.3. The van der Waals surface area contributed by atoms with E-state index in [0.717, 1.165) is 37.1 Å². The minimum Gasteiger partial charge on any atom is -0.330 e. The van der Waals surface area contributed by atoms with E-state index in [1.807, 2.05) is 6.92 Å². The van der Waals surface area contributed by atoms with Crippen LogP contribution in [-0.4, -0.2) is 47.0 Å². The fourth-order valence-electron chi connectivity index (χ4n) is 5.38. The van der Waals surface area contributed by atoms with Crippen molar-refractivity contribution in [2.45, 2.75) is 122 Å². The number of nitrogens with one attached hydrogen (secondary N) is 2. The van der Waals surface area contributed by atoms with Crippen LogP contribution in [-0.2, 0) is 14.4 Å². The SMILES string of the molecule is C=CC.NCCCCCCCCCCCCCCCCC(=O)Nc1cccc2c1C(=O)N(C1CCC(=O)NC1=O)C2=O. The van der Waals surface area contributed by atoms with Crippen molar-refractivity contribution in [2.24, 2.45) is 5.73 Å². The Morgan fingerprint density at radius 3 is 1.95 bits per heavy atom. The number of fused-ring (bicyclic) bond motifs is 1. The molecule has 1 aromatic rings. The number of rotatable bonds is 18. The number of piperidine rings is 1. The van der Waals surface area contributed by atoms with E-state index >= 15 is 0 Å². The molecule has 0 saturated carbocycles. The van der Waals surface area contributed by atoms with Gasteiger partial charge in [0.1, 0.15) is 6.04 Å². The zero-order valence-corrected chi connectivity index (χ0v) is 25.4. The van der Waals surface area contributed by atoms with Gasteiger partial charge in [-0.1, -0.05) is 89.2 Å². The van der Waals surface area contributed by atoms with Crippen LogP contribution in [0.15, 0.2) is 30.9 Å². The number of carbonyl (C=O) groups is 5. The molecule has 42 heavy (non-hydrogen) atoms. The molecule has 0 aliphatic carbocycles. The molecule has 0 aromatic heterocycles. The van der Waals surface area contributed by atoms with Gasteiger partial charge in [0.2, 0.25) is 17.7 Å². The number of imide groups is 2. The number of hydrogen-bond acceptors (Lipinski definition) is 6. The Morgan fingerprint density at radius 1 is 0.905 bits per heavy atom. The average molecular weight is 583 g/mol. The van der Waals surface area contributed by atoms with E-state index in [1.165, 1.54) is 70.3 Å².